The van der Waals surface area contributed by atoms with Gasteiger partial charge in [-0.25, -0.2) is 14.2 Å². The highest BCUT2D eigenvalue weighted by molar-refractivity contribution is 5.90. The molecule has 1 amide bonds. The molecule has 0 aliphatic heterocycles. The fraction of sp³-hybridized carbons (Fsp3) is 0.385. The molecule has 0 atom stereocenters. The molecular formula is C13H16N4O2. The Balaban J connectivity index is 1.98. The van der Waals surface area contributed by atoms with Crippen LogP contribution in [0.4, 0.5) is 10.5 Å². The summed E-state index contributed by atoms with van der Waals surface area (Å²) in [6.07, 6.45) is 4.21. The molecule has 0 unspecified atom stereocenters. The average Bonchev–Trinajstić information content (AvgIpc) is 2.95. The smallest absolute Gasteiger partial charge is 0.334 e. The van der Waals surface area contributed by atoms with Crippen LogP contribution in [0.2, 0.25) is 0 Å². The second-order valence-electron chi connectivity index (χ2n) is 4.97. The molecule has 2 aromatic rings. The molecule has 100 valence electrons. The molecule has 6 heteroatoms. The molecule has 1 aromatic heterocycles. The predicted octanol–water partition coefficient (Wildman–Crippen LogP) is 1.41. The predicted molar refractivity (Wildman–Crippen MR) is 73.2 cm³/mol. The van der Waals surface area contributed by atoms with E-state index in [1.165, 1.54) is 0 Å². The molecule has 0 spiro atoms. The third-order valence-electron chi connectivity index (χ3n) is 3.59. The molecule has 1 aliphatic rings. The zero-order valence-electron chi connectivity index (χ0n) is 10.5. The van der Waals surface area contributed by atoms with E-state index in [4.69, 9.17) is 5.73 Å². The summed E-state index contributed by atoms with van der Waals surface area (Å²) in [7, 11) is 0. The lowest BCUT2D eigenvalue weighted by atomic mass is 10.2. The molecule has 19 heavy (non-hydrogen) atoms. The Morgan fingerprint density at radius 1 is 1.37 bits per heavy atom. The molecule has 3 rings (SSSR count). The van der Waals surface area contributed by atoms with E-state index in [9.17, 15) is 9.59 Å². The van der Waals surface area contributed by atoms with Crippen LogP contribution in [-0.2, 0) is 0 Å². The van der Waals surface area contributed by atoms with Crippen LogP contribution in [0.5, 0.6) is 0 Å². The van der Waals surface area contributed by atoms with Gasteiger partial charge in [-0.3, -0.25) is 0 Å². The van der Waals surface area contributed by atoms with Gasteiger partial charge < -0.3 is 16.0 Å². The van der Waals surface area contributed by atoms with E-state index in [1.54, 1.807) is 18.2 Å². The number of carbonyl (C=O) groups excluding carboxylic acids is 1. The first-order valence-corrected chi connectivity index (χ1v) is 6.46. The first kappa shape index (κ1) is 11.8. The van der Waals surface area contributed by atoms with Gasteiger partial charge in [0.2, 0.25) is 0 Å². The van der Waals surface area contributed by atoms with Crippen molar-refractivity contribution in [2.45, 2.75) is 31.7 Å². The lowest BCUT2D eigenvalue weighted by Crippen LogP contribution is -2.40. The number of nitrogens with one attached hydrogen (secondary N) is 2. The number of H-pyrrole nitrogens is 1. The van der Waals surface area contributed by atoms with Crippen molar-refractivity contribution in [2.24, 2.45) is 0 Å². The molecule has 1 heterocycles. The normalized spacial score (nSPS) is 16.0. The van der Waals surface area contributed by atoms with Gasteiger partial charge in [0.25, 0.3) is 0 Å². The largest absolute Gasteiger partial charge is 0.399 e. The molecule has 0 saturated heterocycles. The van der Waals surface area contributed by atoms with Crippen LogP contribution in [0.25, 0.3) is 11.0 Å². The Morgan fingerprint density at radius 2 is 2.11 bits per heavy atom. The first-order chi connectivity index (χ1) is 9.15. The number of nitrogens with zero attached hydrogens (tertiary/aromatic N) is 1. The summed E-state index contributed by atoms with van der Waals surface area (Å²) >= 11 is 0. The molecule has 0 bridgehead atoms. The van der Waals surface area contributed by atoms with Gasteiger partial charge >= 0.3 is 11.7 Å². The number of nitrogens with two attached hydrogens (primary N) is 1. The number of aromatic amines is 1. The molecule has 1 aliphatic carbocycles. The van der Waals surface area contributed by atoms with E-state index in [0.29, 0.717) is 16.7 Å². The number of hydrogen-bond donors (Lipinski definition) is 3. The van der Waals surface area contributed by atoms with Gasteiger partial charge in [-0.2, -0.15) is 0 Å². The molecule has 1 saturated carbocycles. The third-order valence-corrected chi connectivity index (χ3v) is 3.59. The lowest BCUT2D eigenvalue weighted by molar-refractivity contribution is 0.239. The maximum Gasteiger partial charge on any atom is 0.334 e. The van der Waals surface area contributed by atoms with Crippen molar-refractivity contribution in [1.29, 1.82) is 0 Å². The second-order valence-corrected chi connectivity index (χ2v) is 4.97. The van der Waals surface area contributed by atoms with E-state index in [1.807, 2.05) is 0 Å². The van der Waals surface area contributed by atoms with Crippen molar-refractivity contribution in [2.75, 3.05) is 5.73 Å². The van der Waals surface area contributed by atoms with Crippen LogP contribution in [0.15, 0.2) is 23.0 Å². The van der Waals surface area contributed by atoms with Crippen LogP contribution in [-0.4, -0.2) is 21.6 Å². The number of imidazole rings is 1. The van der Waals surface area contributed by atoms with Gasteiger partial charge in [0.05, 0.1) is 11.0 Å². The molecule has 4 N–H and O–H groups in total. The Bertz CT molecular complexity index is 679. The highest BCUT2D eigenvalue weighted by atomic mass is 16.2. The molecule has 6 nitrogen and oxygen atoms in total. The van der Waals surface area contributed by atoms with Gasteiger partial charge in [-0.1, -0.05) is 12.8 Å². The van der Waals surface area contributed by atoms with Crippen LogP contribution >= 0.6 is 0 Å². The van der Waals surface area contributed by atoms with Crippen molar-refractivity contribution >= 4 is 22.8 Å². The number of fused-ring (bicyclic) bond motifs is 1. The van der Waals surface area contributed by atoms with Crippen LogP contribution in [0.3, 0.4) is 0 Å². The number of benzene rings is 1. The topological polar surface area (TPSA) is 92.9 Å². The van der Waals surface area contributed by atoms with Gasteiger partial charge in [-0.15, -0.1) is 0 Å². The summed E-state index contributed by atoms with van der Waals surface area (Å²) in [5.74, 6) is 0. The van der Waals surface area contributed by atoms with E-state index in [2.05, 4.69) is 10.3 Å². The van der Waals surface area contributed by atoms with Gasteiger partial charge in [0.1, 0.15) is 0 Å². The highest BCUT2D eigenvalue weighted by Crippen LogP contribution is 2.18. The highest BCUT2D eigenvalue weighted by Gasteiger charge is 2.20. The van der Waals surface area contributed by atoms with Crippen LogP contribution < -0.4 is 16.7 Å². The quantitative estimate of drug-likeness (QED) is 0.677. The lowest BCUT2D eigenvalue weighted by Gasteiger charge is -2.11. The monoisotopic (exact) mass is 260 g/mol. The van der Waals surface area contributed by atoms with Crippen molar-refractivity contribution in [3.63, 3.8) is 0 Å². The maximum atomic E-state index is 12.2. The number of carbonyl (C=O) groups is 1. The summed E-state index contributed by atoms with van der Waals surface area (Å²) in [6, 6.07) is 4.81. The Morgan fingerprint density at radius 3 is 2.84 bits per heavy atom. The van der Waals surface area contributed by atoms with Crippen LogP contribution in [0, 0.1) is 0 Å². The number of anilines is 1. The van der Waals surface area contributed by atoms with Crippen molar-refractivity contribution in [1.82, 2.24) is 14.9 Å². The average molecular weight is 260 g/mol. The number of nitrogen functional groups attached to an aromatic ring is 1. The minimum atomic E-state index is -0.434. The van der Waals surface area contributed by atoms with E-state index in [0.717, 1.165) is 30.3 Å². The van der Waals surface area contributed by atoms with Gasteiger partial charge in [0.15, 0.2) is 0 Å². The summed E-state index contributed by atoms with van der Waals surface area (Å²) in [5, 5.41) is 2.90. The van der Waals surface area contributed by atoms with Crippen molar-refractivity contribution < 1.29 is 4.79 Å². The standard InChI is InChI=1S/C13H16N4O2/c14-8-5-6-10-11(7-8)17(13(19)16-10)12(18)15-9-3-1-2-4-9/h5-7,9H,1-4,14H2,(H,15,18)(H,16,19). The van der Waals surface area contributed by atoms with Crippen molar-refractivity contribution in [3.05, 3.63) is 28.7 Å². The number of rotatable bonds is 1. The maximum absolute atomic E-state index is 12.2. The zero-order valence-corrected chi connectivity index (χ0v) is 10.5. The fourth-order valence-electron chi connectivity index (χ4n) is 2.63. The Labute approximate surface area is 109 Å². The minimum Gasteiger partial charge on any atom is -0.399 e. The molecule has 1 fully saturated rings. The number of aromatic nitrogens is 2. The molecule has 1 aromatic carbocycles. The number of amides is 1. The van der Waals surface area contributed by atoms with E-state index < -0.39 is 5.69 Å². The third kappa shape index (κ3) is 2.09. The summed E-state index contributed by atoms with van der Waals surface area (Å²) in [4.78, 5) is 26.7. The SMILES string of the molecule is Nc1ccc2[nH]c(=O)n(C(=O)NC3CCCC3)c2c1. The minimum absolute atomic E-state index is 0.172. The van der Waals surface area contributed by atoms with E-state index >= 15 is 0 Å². The summed E-state index contributed by atoms with van der Waals surface area (Å²) in [5.41, 5.74) is 6.92. The second kappa shape index (κ2) is 4.46. The van der Waals surface area contributed by atoms with Crippen molar-refractivity contribution in [3.8, 4) is 0 Å². The number of hydrogen-bond acceptors (Lipinski definition) is 3. The Kier molecular flexibility index (Phi) is 2.77. The van der Waals surface area contributed by atoms with Crippen LogP contribution in [0.1, 0.15) is 25.7 Å². The molecule has 0 radical (unpaired) electrons. The first-order valence-electron chi connectivity index (χ1n) is 6.46. The summed E-state index contributed by atoms with van der Waals surface area (Å²) in [6.45, 7) is 0. The van der Waals surface area contributed by atoms with Gasteiger partial charge in [0, 0.05) is 11.7 Å². The van der Waals surface area contributed by atoms with Gasteiger partial charge in [-0.05, 0) is 31.0 Å². The zero-order chi connectivity index (χ0) is 13.4. The fourth-order valence-corrected chi connectivity index (χ4v) is 2.63. The molecular weight excluding hydrogens is 244 g/mol. The van der Waals surface area contributed by atoms with E-state index in [-0.39, 0.29) is 12.1 Å². The summed E-state index contributed by atoms with van der Waals surface area (Å²) < 4.78 is 1.12. The Hall–Kier alpha value is -2.24.